The van der Waals surface area contributed by atoms with Crippen LogP contribution in [-0.2, 0) is 5.41 Å². The van der Waals surface area contributed by atoms with Crippen LogP contribution >= 0.6 is 0 Å². The predicted molar refractivity (Wildman–Crippen MR) is 224 cm³/mol. The lowest BCUT2D eigenvalue weighted by molar-refractivity contribution is 0.660. The number of aromatic amines is 1. The Hall–Kier alpha value is -6.64. The van der Waals surface area contributed by atoms with Crippen LogP contribution in [0.5, 0.6) is 0 Å². The monoisotopic (exact) mass is 678 g/mol. The summed E-state index contributed by atoms with van der Waals surface area (Å²) in [6.45, 7) is 4.70. The highest BCUT2D eigenvalue weighted by molar-refractivity contribution is 6.13. The Labute approximate surface area is 310 Å². The van der Waals surface area contributed by atoms with E-state index in [1.54, 1.807) is 0 Å². The maximum Gasteiger partial charge on any atom is 0.0544 e. The minimum absolute atomic E-state index is 0.0484. The Morgan fingerprint density at radius 3 is 1.57 bits per heavy atom. The van der Waals surface area contributed by atoms with Gasteiger partial charge in [0, 0.05) is 44.3 Å². The summed E-state index contributed by atoms with van der Waals surface area (Å²) in [7, 11) is 0. The number of anilines is 3. The molecule has 1 aliphatic carbocycles. The van der Waals surface area contributed by atoms with Crippen LogP contribution < -0.4 is 4.90 Å². The second kappa shape index (κ2) is 12.3. The Balaban J connectivity index is 1.08. The molecule has 0 unspecified atom stereocenters. The second-order valence-electron chi connectivity index (χ2n) is 14.7. The molecule has 2 heteroatoms. The molecule has 1 heterocycles. The van der Waals surface area contributed by atoms with Gasteiger partial charge in [-0.1, -0.05) is 153 Å². The normalized spacial score (nSPS) is 12.9. The van der Waals surface area contributed by atoms with Crippen LogP contribution in [0.2, 0.25) is 0 Å². The van der Waals surface area contributed by atoms with Crippen LogP contribution in [0.15, 0.2) is 188 Å². The van der Waals surface area contributed by atoms with Gasteiger partial charge in [0.25, 0.3) is 0 Å². The van der Waals surface area contributed by atoms with Gasteiger partial charge in [0.2, 0.25) is 0 Å². The zero-order valence-electron chi connectivity index (χ0n) is 29.8. The number of H-pyrrole nitrogens is 1. The Morgan fingerprint density at radius 1 is 0.377 bits per heavy atom. The molecular weight excluding hydrogens is 641 g/mol. The highest BCUT2D eigenvalue weighted by Crippen LogP contribution is 2.50. The van der Waals surface area contributed by atoms with Crippen LogP contribution in [0.25, 0.3) is 66.3 Å². The van der Waals surface area contributed by atoms with E-state index in [9.17, 15) is 0 Å². The molecule has 0 saturated heterocycles. The number of rotatable bonds is 6. The molecule has 10 rings (SSSR count). The molecule has 252 valence electrons. The van der Waals surface area contributed by atoms with Crippen molar-refractivity contribution in [3.05, 3.63) is 199 Å². The summed E-state index contributed by atoms with van der Waals surface area (Å²) in [5.41, 5.74) is 18.3. The van der Waals surface area contributed by atoms with Crippen molar-refractivity contribution in [2.24, 2.45) is 0 Å². The molecule has 0 amide bonds. The van der Waals surface area contributed by atoms with Crippen molar-refractivity contribution in [3.63, 3.8) is 0 Å². The lowest BCUT2D eigenvalue weighted by Gasteiger charge is -2.26. The molecule has 1 aliphatic rings. The Morgan fingerprint density at radius 2 is 0.906 bits per heavy atom. The van der Waals surface area contributed by atoms with Gasteiger partial charge in [0.1, 0.15) is 0 Å². The molecule has 0 atom stereocenters. The Kier molecular flexibility index (Phi) is 7.19. The molecule has 0 spiro atoms. The van der Waals surface area contributed by atoms with Crippen molar-refractivity contribution >= 4 is 38.9 Å². The number of fused-ring (bicyclic) bond motifs is 6. The van der Waals surface area contributed by atoms with Gasteiger partial charge in [-0.2, -0.15) is 0 Å². The molecule has 53 heavy (non-hydrogen) atoms. The van der Waals surface area contributed by atoms with Gasteiger partial charge in [-0.15, -0.1) is 0 Å². The molecule has 1 aromatic heterocycles. The minimum atomic E-state index is -0.0484. The zero-order valence-corrected chi connectivity index (χ0v) is 29.8. The second-order valence-corrected chi connectivity index (χ2v) is 14.7. The summed E-state index contributed by atoms with van der Waals surface area (Å²) in [6.07, 6.45) is 0. The molecule has 2 nitrogen and oxygen atoms in total. The molecule has 0 bridgehead atoms. The lowest BCUT2D eigenvalue weighted by Crippen LogP contribution is -2.14. The fraction of sp³-hybridized carbons (Fsp3) is 0.0588. The Bertz CT molecular complexity index is 2690. The number of nitrogens with one attached hydrogen (secondary N) is 1. The minimum Gasteiger partial charge on any atom is -0.354 e. The SMILES string of the molecule is CC1(C)c2ccccc2-c2ccc(-c3cccc4c3[nH]c3ccc(N(c5ccc(-c6ccccc6)cc5)c5ccc(-c6ccccc6)cc5)cc34)cc21. The van der Waals surface area contributed by atoms with E-state index >= 15 is 0 Å². The molecule has 0 fully saturated rings. The van der Waals surface area contributed by atoms with Gasteiger partial charge in [-0.05, 0) is 98.6 Å². The van der Waals surface area contributed by atoms with Crippen LogP contribution in [0.4, 0.5) is 17.1 Å². The standard InChI is InChI=1S/C51H38N2/c1-51(2)47-19-10-9-16-43(47)44-30-24-38(32-48(44)51)42-17-11-18-45-46-33-41(29-31-49(46)52-50(42)45)53(39-25-20-36(21-26-39)34-12-5-3-6-13-34)40-27-22-37(23-28-40)35-14-7-4-8-15-35/h3-33,52H,1-2H3. The van der Waals surface area contributed by atoms with Crippen LogP contribution in [0.1, 0.15) is 25.0 Å². The molecule has 8 aromatic carbocycles. The number of nitrogens with zero attached hydrogens (tertiary/aromatic N) is 1. The van der Waals surface area contributed by atoms with Gasteiger partial charge in [0.15, 0.2) is 0 Å². The summed E-state index contributed by atoms with van der Waals surface area (Å²) in [5, 5.41) is 2.43. The third kappa shape index (κ3) is 5.18. The number of benzene rings is 8. The van der Waals surface area contributed by atoms with Crippen LogP contribution in [-0.4, -0.2) is 4.98 Å². The number of aromatic nitrogens is 1. The number of para-hydroxylation sites is 1. The van der Waals surface area contributed by atoms with E-state index in [1.165, 1.54) is 71.9 Å². The van der Waals surface area contributed by atoms with E-state index in [0.29, 0.717) is 0 Å². The van der Waals surface area contributed by atoms with Gasteiger partial charge >= 0.3 is 0 Å². The van der Waals surface area contributed by atoms with Crippen molar-refractivity contribution in [1.29, 1.82) is 0 Å². The summed E-state index contributed by atoms with van der Waals surface area (Å²) in [4.78, 5) is 6.20. The predicted octanol–water partition coefficient (Wildman–Crippen LogP) is 14.1. The van der Waals surface area contributed by atoms with Crippen molar-refractivity contribution in [2.45, 2.75) is 19.3 Å². The van der Waals surface area contributed by atoms with E-state index in [2.05, 4.69) is 212 Å². The largest absolute Gasteiger partial charge is 0.354 e. The number of hydrogen-bond donors (Lipinski definition) is 1. The summed E-state index contributed by atoms with van der Waals surface area (Å²) in [6, 6.07) is 68.4. The molecule has 0 aliphatic heterocycles. The van der Waals surface area contributed by atoms with Crippen molar-refractivity contribution in [1.82, 2.24) is 4.98 Å². The third-order valence-corrected chi connectivity index (χ3v) is 11.2. The number of hydrogen-bond acceptors (Lipinski definition) is 1. The summed E-state index contributed by atoms with van der Waals surface area (Å²) < 4.78 is 0. The highest BCUT2D eigenvalue weighted by Gasteiger charge is 2.35. The quantitative estimate of drug-likeness (QED) is 0.185. The van der Waals surface area contributed by atoms with Gasteiger partial charge in [-0.3, -0.25) is 0 Å². The van der Waals surface area contributed by atoms with E-state index in [4.69, 9.17) is 0 Å². The maximum absolute atomic E-state index is 3.83. The van der Waals surface area contributed by atoms with Crippen molar-refractivity contribution < 1.29 is 0 Å². The van der Waals surface area contributed by atoms with Gasteiger partial charge in [-0.25, -0.2) is 0 Å². The zero-order chi connectivity index (χ0) is 35.5. The molecule has 9 aromatic rings. The van der Waals surface area contributed by atoms with E-state index in [0.717, 1.165) is 22.6 Å². The summed E-state index contributed by atoms with van der Waals surface area (Å²) >= 11 is 0. The first-order chi connectivity index (χ1) is 26.0. The van der Waals surface area contributed by atoms with Gasteiger partial charge < -0.3 is 9.88 Å². The van der Waals surface area contributed by atoms with E-state index in [1.807, 2.05) is 0 Å². The highest BCUT2D eigenvalue weighted by atomic mass is 15.1. The average molecular weight is 679 g/mol. The topological polar surface area (TPSA) is 19.0 Å². The first-order valence-electron chi connectivity index (χ1n) is 18.4. The van der Waals surface area contributed by atoms with Crippen molar-refractivity contribution in [3.8, 4) is 44.5 Å². The van der Waals surface area contributed by atoms with E-state index in [-0.39, 0.29) is 5.41 Å². The van der Waals surface area contributed by atoms with Crippen LogP contribution in [0, 0.1) is 0 Å². The lowest BCUT2D eigenvalue weighted by atomic mass is 9.81. The summed E-state index contributed by atoms with van der Waals surface area (Å²) in [5.74, 6) is 0. The maximum atomic E-state index is 3.83. The molecule has 0 radical (unpaired) electrons. The van der Waals surface area contributed by atoms with E-state index < -0.39 is 0 Å². The fourth-order valence-electron chi connectivity index (χ4n) is 8.48. The van der Waals surface area contributed by atoms with Gasteiger partial charge in [0.05, 0.1) is 5.52 Å². The molecular formula is C51H38N2. The van der Waals surface area contributed by atoms with Crippen molar-refractivity contribution in [2.75, 3.05) is 4.90 Å². The first kappa shape index (κ1) is 31.1. The van der Waals surface area contributed by atoms with Crippen LogP contribution in [0.3, 0.4) is 0 Å². The first-order valence-corrected chi connectivity index (χ1v) is 18.4. The molecule has 1 N–H and O–H groups in total. The smallest absolute Gasteiger partial charge is 0.0544 e. The third-order valence-electron chi connectivity index (χ3n) is 11.2. The average Bonchev–Trinajstić information content (AvgIpc) is 3.70. The molecule has 0 saturated carbocycles. The fourth-order valence-corrected chi connectivity index (χ4v) is 8.48.